The van der Waals surface area contributed by atoms with Gasteiger partial charge in [-0.15, -0.1) is 0 Å². The standard InChI is InChI=1S/4C12H9NS.4HI/c4*1-3-7-11-9(5-1)13-10-6-2-4-8-12(10)14-11;;;;/h4*1-8,13H;4*1H. The predicted octanol–water partition coefficient (Wildman–Crippen LogP) is -1.27. The lowest BCUT2D eigenvalue weighted by molar-refractivity contribution is -0.485. The van der Waals surface area contributed by atoms with Gasteiger partial charge in [0.15, 0.2) is 0 Å². The Labute approximate surface area is 437 Å². The molecule has 0 amide bonds. The Morgan fingerprint density at radius 1 is 0.183 bits per heavy atom. The Hall–Kier alpha value is -2.08. The largest absolute Gasteiger partial charge is 1.00 e. The second kappa shape index (κ2) is 24.1. The van der Waals surface area contributed by atoms with Crippen molar-refractivity contribution in [3.8, 4) is 0 Å². The second-order valence-electron chi connectivity index (χ2n) is 13.3. The molecule has 304 valence electrons. The van der Waals surface area contributed by atoms with Crippen molar-refractivity contribution in [2.45, 2.75) is 39.2 Å². The number of hydrogen-bond donors (Lipinski definition) is 4. The van der Waals surface area contributed by atoms with Gasteiger partial charge in [0.1, 0.15) is 45.5 Å². The summed E-state index contributed by atoms with van der Waals surface area (Å²) >= 11 is 7.40. The zero-order chi connectivity index (χ0) is 37.5. The Bertz CT molecular complexity index is 1950. The van der Waals surface area contributed by atoms with Crippen molar-refractivity contribution >= 4 is 92.5 Å². The summed E-state index contributed by atoms with van der Waals surface area (Å²) < 4.78 is 0. The topological polar surface area (TPSA) is 66.4 Å². The zero-order valence-corrected chi connectivity index (χ0v) is 43.8. The molecule has 0 atom stereocenters. The molecule has 0 saturated carbocycles. The Morgan fingerprint density at radius 3 is 0.433 bits per heavy atom. The molecule has 4 nitrogen and oxygen atoms in total. The molecular weight excluding hydrogens is 1270 g/mol. The van der Waals surface area contributed by atoms with Crippen molar-refractivity contribution in [3.63, 3.8) is 0 Å². The molecule has 4 aliphatic rings. The van der Waals surface area contributed by atoms with Crippen LogP contribution in [0.25, 0.3) is 0 Å². The van der Waals surface area contributed by atoms with Gasteiger partial charge in [-0.3, -0.25) is 21.3 Å². The summed E-state index contributed by atoms with van der Waals surface area (Å²) in [4.78, 5) is 10.8. The van der Waals surface area contributed by atoms with E-state index in [4.69, 9.17) is 0 Å². The van der Waals surface area contributed by atoms with Crippen LogP contribution in [0.4, 0.5) is 45.5 Å². The van der Waals surface area contributed by atoms with E-state index in [-0.39, 0.29) is 95.9 Å². The lowest BCUT2D eigenvalue weighted by Crippen LogP contribution is -3.00. The fourth-order valence-corrected chi connectivity index (χ4v) is 10.8. The minimum Gasteiger partial charge on any atom is -1.00 e. The smallest absolute Gasteiger partial charge is 0.148 e. The normalized spacial score (nSPS) is 12.3. The van der Waals surface area contributed by atoms with Gasteiger partial charge >= 0.3 is 0 Å². The number of hydrogen-bond acceptors (Lipinski definition) is 4. The van der Waals surface area contributed by atoms with Gasteiger partial charge in [-0.25, -0.2) is 0 Å². The average molecular weight is 1310 g/mol. The van der Waals surface area contributed by atoms with Crippen molar-refractivity contribution < 1.29 is 117 Å². The fourth-order valence-electron chi connectivity index (χ4n) is 6.69. The first kappa shape index (κ1) is 48.9. The molecule has 0 aliphatic carbocycles. The SMILES string of the molecule is [I-].[I-].[I-].[I-].c1ccc2c(c1)[NH2+]c1ccccc1S2.c1ccc2c(c1)[NH2+]c1ccccc1S2.c1ccc2c(c1)[NH2+]c1ccccc1S2.c1ccc2c(c1)[NH2+]c1ccccc1S2. The van der Waals surface area contributed by atoms with Crippen LogP contribution in [0.2, 0.25) is 0 Å². The van der Waals surface area contributed by atoms with Crippen molar-refractivity contribution in [1.29, 1.82) is 0 Å². The first-order valence-corrected chi connectivity index (χ1v) is 21.8. The number of rotatable bonds is 0. The van der Waals surface area contributed by atoms with Gasteiger partial charge in [0.25, 0.3) is 0 Å². The monoisotopic (exact) mass is 1310 g/mol. The highest BCUT2D eigenvalue weighted by molar-refractivity contribution is 8.00. The van der Waals surface area contributed by atoms with Crippen molar-refractivity contribution in [3.05, 3.63) is 194 Å². The van der Waals surface area contributed by atoms with Crippen molar-refractivity contribution in [2.75, 3.05) is 0 Å². The van der Waals surface area contributed by atoms with Gasteiger partial charge in [-0.2, -0.15) is 0 Å². The quantitative estimate of drug-likeness (QED) is 0.113. The molecule has 12 heteroatoms. The molecule has 0 aromatic heterocycles. The minimum absolute atomic E-state index is 0. The van der Waals surface area contributed by atoms with Crippen LogP contribution in [0.1, 0.15) is 0 Å². The van der Waals surface area contributed by atoms with Crippen LogP contribution in [0.5, 0.6) is 0 Å². The Kier molecular flexibility index (Phi) is 19.7. The third-order valence-corrected chi connectivity index (χ3v) is 14.2. The lowest BCUT2D eigenvalue weighted by atomic mass is 10.2. The minimum atomic E-state index is 0. The Balaban J connectivity index is 0.000000148. The number of quaternary nitrogens is 4. The molecule has 0 unspecified atom stereocenters. The number of nitrogens with two attached hydrogens (primary N) is 4. The average Bonchev–Trinajstić information content (AvgIpc) is 3.27. The first-order chi connectivity index (χ1) is 27.7. The van der Waals surface area contributed by atoms with Crippen LogP contribution < -0.4 is 117 Å². The van der Waals surface area contributed by atoms with E-state index in [1.165, 1.54) is 84.7 Å². The highest BCUT2D eigenvalue weighted by atomic mass is 127. The maximum absolute atomic E-state index is 2.25. The fraction of sp³-hybridized carbons (Fsp3) is 0. The van der Waals surface area contributed by atoms with Crippen LogP contribution in [-0.4, -0.2) is 0 Å². The summed E-state index contributed by atoms with van der Waals surface area (Å²) in [5, 5.41) is 9.00. The highest BCUT2D eigenvalue weighted by Crippen LogP contribution is 2.41. The molecule has 0 spiro atoms. The third-order valence-electron chi connectivity index (χ3n) is 9.48. The van der Waals surface area contributed by atoms with E-state index in [1.54, 1.807) is 0 Å². The number of benzene rings is 8. The summed E-state index contributed by atoms with van der Waals surface area (Å²) in [6.07, 6.45) is 0. The molecule has 4 aliphatic heterocycles. The number of para-hydroxylation sites is 8. The van der Waals surface area contributed by atoms with E-state index in [0.29, 0.717) is 0 Å². The van der Waals surface area contributed by atoms with Gasteiger partial charge in [0.05, 0.1) is 39.2 Å². The second-order valence-corrected chi connectivity index (χ2v) is 17.6. The maximum Gasteiger partial charge on any atom is 0.148 e. The summed E-state index contributed by atoms with van der Waals surface area (Å²) in [5.41, 5.74) is 10.6. The molecule has 12 rings (SSSR count). The lowest BCUT2D eigenvalue weighted by Gasteiger charge is -2.14. The first-order valence-electron chi connectivity index (χ1n) is 18.6. The summed E-state index contributed by atoms with van der Waals surface area (Å²) in [5.74, 6) is 0. The molecule has 0 fully saturated rings. The Morgan fingerprint density at radius 2 is 0.300 bits per heavy atom. The van der Waals surface area contributed by atoms with Crippen LogP contribution in [0, 0.1) is 0 Å². The van der Waals surface area contributed by atoms with Gasteiger partial charge in [0.2, 0.25) is 0 Å². The van der Waals surface area contributed by atoms with E-state index in [1.807, 2.05) is 47.0 Å². The molecular formula is C48H40I4N4S4. The summed E-state index contributed by atoms with van der Waals surface area (Å²) in [6, 6.07) is 68.1. The predicted molar refractivity (Wildman–Crippen MR) is 233 cm³/mol. The number of halogens is 4. The maximum atomic E-state index is 2.25. The van der Waals surface area contributed by atoms with Crippen molar-refractivity contribution in [1.82, 2.24) is 0 Å². The molecule has 8 N–H and O–H groups in total. The van der Waals surface area contributed by atoms with Crippen LogP contribution in [0.15, 0.2) is 233 Å². The van der Waals surface area contributed by atoms with E-state index < -0.39 is 0 Å². The molecule has 0 bridgehead atoms. The van der Waals surface area contributed by atoms with E-state index in [0.717, 1.165) is 0 Å². The van der Waals surface area contributed by atoms with E-state index in [2.05, 4.69) is 215 Å². The third kappa shape index (κ3) is 12.1. The molecule has 60 heavy (non-hydrogen) atoms. The van der Waals surface area contributed by atoms with E-state index in [9.17, 15) is 0 Å². The molecule has 0 saturated heterocycles. The van der Waals surface area contributed by atoms with E-state index >= 15 is 0 Å². The van der Waals surface area contributed by atoms with Crippen LogP contribution in [-0.2, 0) is 0 Å². The van der Waals surface area contributed by atoms with Gasteiger partial charge in [-0.05, 0) is 48.5 Å². The number of fused-ring (bicyclic) bond motifs is 8. The van der Waals surface area contributed by atoms with Gasteiger partial charge in [0, 0.05) is 48.5 Å². The highest BCUT2D eigenvalue weighted by Gasteiger charge is 2.21. The molecule has 8 aromatic rings. The van der Waals surface area contributed by atoms with Gasteiger partial charge in [-0.1, -0.05) is 144 Å². The van der Waals surface area contributed by atoms with Crippen LogP contribution >= 0.6 is 47.0 Å². The molecule has 8 aromatic carbocycles. The van der Waals surface area contributed by atoms with Crippen LogP contribution in [0.3, 0.4) is 0 Å². The van der Waals surface area contributed by atoms with Crippen molar-refractivity contribution in [2.24, 2.45) is 0 Å². The molecule has 4 heterocycles. The summed E-state index contributed by atoms with van der Waals surface area (Å²) in [6.45, 7) is 0. The zero-order valence-electron chi connectivity index (χ0n) is 31.9. The van der Waals surface area contributed by atoms with Gasteiger partial charge < -0.3 is 95.9 Å². The summed E-state index contributed by atoms with van der Waals surface area (Å²) in [7, 11) is 0. The molecule has 0 radical (unpaired) electrons.